The summed E-state index contributed by atoms with van der Waals surface area (Å²) in [6.07, 6.45) is 2.12. The third-order valence-corrected chi connectivity index (χ3v) is 5.40. The van der Waals surface area contributed by atoms with Gasteiger partial charge in [0.2, 0.25) is 0 Å². The Hall–Kier alpha value is -0.300. The number of aromatic hydroxyl groups is 2. The molecule has 0 amide bonds. The summed E-state index contributed by atoms with van der Waals surface area (Å²) in [5.74, 6) is 0.142. The first-order valence-electron chi connectivity index (χ1n) is 7.23. The van der Waals surface area contributed by atoms with Crippen LogP contribution in [0.5, 0.6) is 11.5 Å². The summed E-state index contributed by atoms with van der Waals surface area (Å²) in [6, 6.07) is 1.72. The number of phenolic OH excluding ortho intramolecular Hbond substituents is 2. The van der Waals surface area contributed by atoms with E-state index >= 15 is 0 Å². The second-order valence-electron chi connectivity index (χ2n) is 5.65. The average molecular weight is 423 g/mol. The van der Waals surface area contributed by atoms with Gasteiger partial charge in [-0.1, -0.05) is 6.92 Å². The van der Waals surface area contributed by atoms with Crippen LogP contribution >= 0.6 is 31.9 Å². The average Bonchev–Trinajstić information content (AvgIpc) is 2.46. The van der Waals surface area contributed by atoms with Gasteiger partial charge < -0.3 is 20.2 Å². The molecule has 4 nitrogen and oxygen atoms in total. The molecule has 1 saturated heterocycles. The monoisotopic (exact) mass is 421 g/mol. The van der Waals surface area contributed by atoms with Crippen molar-refractivity contribution in [3.63, 3.8) is 0 Å². The quantitative estimate of drug-likeness (QED) is 0.696. The lowest BCUT2D eigenvalue weighted by Gasteiger charge is -2.36. The molecular formula is C15H21Br2NO3. The number of aliphatic hydroxyl groups is 1. The summed E-state index contributed by atoms with van der Waals surface area (Å²) in [6.45, 7) is 4.96. The summed E-state index contributed by atoms with van der Waals surface area (Å²) >= 11 is 6.48. The van der Waals surface area contributed by atoms with Crippen LogP contribution < -0.4 is 0 Å². The smallest absolute Gasteiger partial charge is 0.147 e. The van der Waals surface area contributed by atoms with Crippen molar-refractivity contribution in [3.05, 3.63) is 20.6 Å². The van der Waals surface area contributed by atoms with Crippen molar-refractivity contribution in [1.82, 2.24) is 4.90 Å². The largest absolute Gasteiger partial charge is 0.506 e. The molecule has 0 aromatic heterocycles. The number of hydrogen-bond acceptors (Lipinski definition) is 4. The van der Waals surface area contributed by atoms with Gasteiger partial charge in [0.15, 0.2) is 0 Å². The second kappa shape index (κ2) is 7.31. The first kappa shape index (κ1) is 17.1. The molecule has 2 unspecified atom stereocenters. The fourth-order valence-corrected chi connectivity index (χ4v) is 4.11. The van der Waals surface area contributed by atoms with E-state index in [9.17, 15) is 15.3 Å². The zero-order valence-corrected chi connectivity index (χ0v) is 15.2. The molecular weight excluding hydrogens is 402 g/mol. The van der Waals surface area contributed by atoms with Crippen LogP contribution in [0.1, 0.15) is 25.3 Å². The lowest BCUT2D eigenvalue weighted by molar-refractivity contribution is 0.0268. The molecule has 0 saturated carbocycles. The Labute approximate surface area is 142 Å². The van der Waals surface area contributed by atoms with E-state index in [4.69, 9.17) is 0 Å². The molecule has 2 atom stereocenters. The highest BCUT2D eigenvalue weighted by Gasteiger charge is 2.29. The van der Waals surface area contributed by atoms with E-state index in [1.54, 1.807) is 6.07 Å². The lowest BCUT2D eigenvalue weighted by atomic mass is 9.88. The van der Waals surface area contributed by atoms with Crippen LogP contribution in [0.25, 0.3) is 0 Å². The molecule has 1 heterocycles. The van der Waals surface area contributed by atoms with Crippen molar-refractivity contribution < 1.29 is 15.3 Å². The van der Waals surface area contributed by atoms with Crippen LogP contribution in [0, 0.1) is 5.92 Å². The van der Waals surface area contributed by atoms with Gasteiger partial charge in [0, 0.05) is 19.0 Å². The number of phenols is 2. The third kappa shape index (κ3) is 3.92. The summed E-state index contributed by atoms with van der Waals surface area (Å²) in [5, 5.41) is 30.2. The van der Waals surface area contributed by atoms with Crippen LogP contribution in [0.4, 0.5) is 0 Å². The predicted octanol–water partition coefficient (Wildman–Crippen LogP) is 3.26. The maximum absolute atomic E-state index is 10.2. The summed E-state index contributed by atoms with van der Waals surface area (Å²) in [7, 11) is 0. The first-order valence-corrected chi connectivity index (χ1v) is 8.81. The van der Waals surface area contributed by atoms with Gasteiger partial charge in [-0.2, -0.15) is 0 Å². The Balaban J connectivity index is 2.16. The molecule has 21 heavy (non-hydrogen) atoms. The highest BCUT2D eigenvalue weighted by Crippen LogP contribution is 2.42. The zero-order valence-electron chi connectivity index (χ0n) is 12.0. The molecule has 3 N–H and O–H groups in total. The highest BCUT2D eigenvalue weighted by molar-refractivity contribution is 9.11. The Morgan fingerprint density at radius 2 is 2.00 bits per heavy atom. The zero-order chi connectivity index (χ0) is 15.6. The Bertz CT molecular complexity index is 510. The predicted molar refractivity (Wildman–Crippen MR) is 89.7 cm³/mol. The van der Waals surface area contributed by atoms with E-state index < -0.39 is 0 Å². The van der Waals surface area contributed by atoms with Gasteiger partial charge in [0.1, 0.15) is 16.0 Å². The number of benzene rings is 1. The van der Waals surface area contributed by atoms with E-state index in [0.717, 1.165) is 38.0 Å². The SMILES string of the molecule is CCCN1CCC(O)C(Cc2cc(Br)c(O)c(Br)c2O)C1. The number of hydrogen-bond donors (Lipinski definition) is 3. The van der Waals surface area contributed by atoms with Crippen molar-refractivity contribution in [2.24, 2.45) is 5.92 Å². The number of rotatable bonds is 4. The second-order valence-corrected chi connectivity index (χ2v) is 7.30. The van der Waals surface area contributed by atoms with E-state index in [1.807, 2.05) is 0 Å². The van der Waals surface area contributed by atoms with Crippen molar-refractivity contribution in [1.29, 1.82) is 0 Å². The van der Waals surface area contributed by atoms with Crippen LogP contribution in [0.15, 0.2) is 15.0 Å². The number of piperidine rings is 1. The number of nitrogens with zero attached hydrogens (tertiary/aromatic N) is 1. The van der Waals surface area contributed by atoms with Gasteiger partial charge in [-0.3, -0.25) is 0 Å². The highest BCUT2D eigenvalue weighted by atomic mass is 79.9. The molecule has 0 aliphatic carbocycles. The minimum Gasteiger partial charge on any atom is -0.506 e. The van der Waals surface area contributed by atoms with Crippen molar-refractivity contribution >= 4 is 31.9 Å². The summed E-state index contributed by atoms with van der Waals surface area (Å²) < 4.78 is 0.834. The lowest BCUT2D eigenvalue weighted by Crippen LogP contribution is -2.44. The van der Waals surface area contributed by atoms with Crippen molar-refractivity contribution in [3.8, 4) is 11.5 Å². The Morgan fingerprint density at radius 3 is 2.67 bits per heavy atom. The van der Waals surface area contributed by atoms with Crippen LogP contribution in [0.2, 0.25) is 0 Å². The van der Waals surface area contributed by atoms with E-state index in [0.29, 0.717) is 15.4 Å². The molecule has 1 aliphatic rings. The maximum Gasteiger partial charge on any atom is 0.147 e. The molecule has 118 valence electrons. The molecule has 1 aromatic carbocycles. The summed E-state index contributed by atoms with van der Waals surface area (Å²) in [5.41, 5.74) is 0.731. The fourth-order valence-electron chi connectivity index (χ4n) is 2.90. The molecule has 2 rings (SSSR count). The van der Waals surface area contributed by atoms with Crippen LogP contribution in [-0.2, 0) is 6.42 Å². The van der Waals surface area contributed by atoms with Gasteiger partial charge in [-0.15, -0.1) is 0 Å². The topological polar surface area (TPSA) is 63.9 Å². The normalized spacial score (nSPS) is 23.4. The molecule has 0 radical (unpaired) electrons. The summed E-state index contributed by atoms with van der Waals surface area (Å²) in [4.78, 5) is 2.36. The van der Waals surface area contributed by atoms with Crippen LogP contribution in [0.3, 0.4) is 0 Å². The fraction of sp³-hybridized carbons (Fsp3) is 0.600. The molecule has 6 heteroatoms. The number of halogens is 2. The van der Waals surface area contributed by atoms with Crippen LogP contribution in [-0.4, -0.2) is 46.0 Å². The minimum absolute atomic E-state index is 0.00643. The minimum atomic E-state index is -0.344. The van der Waals surface area contributed by atoms with Gasteiger partial charge in [-0.05, 0) is 69.3 Å². The van der Waals surface area contributed by atoms with E-state index in [2.05, 4.69) is 43.7 Å². The molecule has 1 aromatic rings. The number of aliphatic hydroxyl groups excluding tert-OH is 1. The van der Waals surface area contributed by atoms with Gasteiger partial charge in [0.25, 0.3) is 0 Å². The Kier molecular flexibility index (Phi) is 5.94. The van der Waals surface area contributed by atoms with Gasteiger partial charge >= 0.3 is 0 Å². The number of likely N-dealkylation sites (tertiary alicyclic amines) is 1. The molecule has 1 aliphatic heterocycles. The molecule has 1 fully saturated rings. The maximum atomic E-state index is 10.2. The van der Waals surface area contributed by atoms with Crippen molar-refractivity contribution in [2.45, 2.75) is 32.3 Å². The molecule has 0 bridgehead atoms. The van der Waals surface area contributed by atoms with Crippen molar-refractivity contribution in [2.75, 3.05) is 19.6 Å². The van der Waals surface area contributed by atoms with Gasteiger partial charge in [0.05, 0.1) is 10.6 Å². The molecule has 0 spiro atoms. The standard InChI is InChI=1S/C15H21Br2NO3/c1-2-4-18-5-3-12(19)10(8-18)6-9-7-11(16)15(21)13(17)14(9)20/h7,10,12,19-21H,2-6,8H2,1H3. The Morgan fingerprint density at radius 1 is 1.29 bits per heavy atom. The van der Waals surface area contributed by atoms with Gasteiger partial charge in [-0.25, -0.2) is 0 Å². The van der Waals surface area contributed by atoms with E-state index in [-0.39, 0.29) is 23.5 Å². The third-order valence-electron chi connectivity index (χ3n) is 4.05. The van der Waals surface area contributed by atoms with E-state index in [1.165, 1.54) is 0 Å². The first-order chi connectivity index (χ1) is 9.93.